The monoisotopic (exact) mass is 269 g/mol. The molecule has 6 heteroatoms. The van der Waals surface area contributed by atoms with Crippen LogP contribution >= 0.6 is 0 Å². The summed E-state index contributed by atoms with van der Waals surface area (Å²) in [5.41, 5.74) is 1.63. The Hall–Kier alpha value is -2.89. The third-order valence-electron chi connectivity index (χ3n) is 2.91. The summed E-state index contributed by atoms with van der Waals surface area (Å²) < 4.78 is 12.5. The molecule has 3 rings (SSSR count). The van der Waals surface area contributed by atoms with Crippen molar-refractivity contribution in [1.29, 1.82) is 0 Å². The standard InChI is InChI=1S/C14H11N3O3/c1-19-13-4-2-10(17-8-15-16-9-17)6-12(13)14-5-3-11(7-18)20-14/h2-9H,1H3. The largest absolute Gasteiger partial charge is 0.496 e. The zero-order chi connectivity index (χ0) is 13.9. The first-order chi connectivity index (χ1) is 9.81. The van der Waals surface area contributed by atoms with Crippen molar-refractivity contribution < 1.29 is 13.9 Å². The summed E-state index contributed by atoms with van der Waals surface area (Å²) in [5.74, 6) is 1.50. The van der Waals surface area contributed by atoms with Crippen LogP contribution in [0.5, 0.6) is 5.75 Å². The zero-order valence-corrected chi connectivity index (χ0v) is 10.7. The van der Waals surface area contributed by atoms with Gasteiger partial charge in [-0.25, -0.2) is 0 Å². The van der Waals surface area contributed by atoms with Crippen molar-refractivity contribution in [3.8, 4) is 22.8 Å². The average molecular weight is 269 g/mol. The molecule has 6 nitrogen and oxygen atoms in total. The smallest absolute Gasteiger partial charge is 0.185 e. The molecule has 0 saturated carbocycles. The maximum atomic E-state index is 10.7. The van der Waals surface area contributed by atoms with E-state index in [0.717, 1.165) is 11.3 Å². The van der Waals surface area contributed by atoms with E-state index >= 15 is 0 Å². The molecule has 0 unspecified atom stereocenters. The fourth-order valence-electron chi connectivity index (χ4n) is 1.94. The topological polar surface area (TPSA) is 70.2 Å². The molecule has 0 bridgehead atoms. The average Bonchev–Trinajstić information content (AvgIpc) is 3.17. The van der Waals surface area contributed by atoms with E-state index in [0.29, 0.717) is 17.8 Å². The Balaban J connectivity index is 2.12. The predicted octanol–water partition coefficient (Wildman–Crippen LogP) is 2.35. The Bertz CT molecular complexity index is 732. The third-order valence-corrected chi connectivity index (χ3v) is 2.91. The molecule has 2 heterocycles. The molecule has 20 heavy (non-hydrogen) atoms. The summed E-state index contributed by atoms with van der Waals surface area (Å²) in [7, 11) is 1.58. The molecule has 0 N–H and O–H groups in total. The predicted molar refractivity (Wildman–Crippen MR) is 71.0 cm³/mol. The number of hydrogen-bond acceptors (Lipinski definition) is 5. The lowest BCUT2D eigenvalue weighted by Crippen LogP contribution is -1.93. The van der Waals surface area contributed by atoms with Gasteiger partial charge in [-0.1, -0.05) is 0 Å². The lowest BCUT2D eigenvalue weighted by Gasteiger charge is -2.09. The molecule has 0 atom stereocenters. The number of aldehydes is 1. The number of methoxy groups -OCH3 is 1. The van der Waals surface area contributed by atoms with Gasteiger partial charge in [-0.05, 0) is 30.3 Å². The van der Waals surface area contributed by atoms with Crippen molar-refractivity contribution in [2.24, 2.45) is 0 Å². The number of nitrogens with zero attached hydrogens (tertiary/aromatic N) is 3. The van der Waals surface area contributed by atoms with Gasteiger partial charge in [0.25, 0.3) is 0 Å². The Kier molecular flexibility index (Phi) is 3.04. The Morgan fingerprint density at radius 3 is 2.65 bits per heavy atom. The van der Waals surface area contributed by atoms with Crippen LogP contribution in [0.25, 0.3) is 17.0 Å². The van der Waals surface area contributed by atoms with E-state index in [1.54, 1.807) is 36.5 Å². The van der Waals surface area contributed by atoms with Gasteiger partial charge in [0, 0.05) is 5.69 Å². The minimum atomic E-state index is 0.275. The quantitative estimate of drug-likeness (QED) is 0.680. The maximum Gasteiger partial charge on any atom is 0.185 e. The van der Waals surface area contributed by atoms with Crippen LogP contribution in [0.4, 0.5) is 0 Å². The minimum absolute atomic E-state index is 0.275. The maximum absolute atomic E-state index is 10.7. The molecule has 0 aliphatic rings. The number of ether oxygens (including phenoxy) is 1. The number of rotatable bonds is 4. The van der Waals surface area contributed by atoms with Gasteiger partial charge >= 0.3 is 0 Å². The van der Waals surface area contributed by atoms with E-state index in [1.807, 2.05) is 18.2 Å². The van der Waals surface area contributed by atoms with Gasteiger partial charge in [-0.2, -0.15) is 0 Å². The first-order valence-electron chi connectivity index (χ1n) is 5.90. The number of carbonyl (C=O) groups is 1. The van der Waals surface area contributed by atoms with Crippen LogP contribution in [0.1, 0.15) is 10.6 Å². The van der Waals surface area contributed by atoms with E-state index in [1.165, 1.54) is 0 Å². The molecule has 0 aliphatic heterocycles. The van der Waals surface area contributed by atoms with Crippen LogP contribution in [0.15, 0.2) is 47.4 Å². The van der Waals surface area contributed by atoms with E-state index in [2.05, 4.69) is 10.2 Å². The first-order valence-corrected chi connectivity index (χ1v) is 5.90. The second-order valence-corrected chi connectivity index (χ2v) is 4.07. The summed E-state index contributed by atoms with van der Waals surface area (Å²) in [6.07, 6.45) is 3.87. The van der Waals surface area contributed by atoms with Crippen LogP contribution in [0.2, 0.25) is 0 Å². The fraction of sp³-hybridized carbons (Fsp3) is 0.0714. The molecular weight excluding hydrogens is 258 g/mol. The first kappa shape index (κ1) is 12.2. The highest BCUT2D eigenvalue weighted by molar-refractivity contribution is 5.75. The highest BCUT2D eigenvalue weighted by atomic mass is 16.5. The Morgan fingerprint density at radius 2 is 2.00 bits per heavy atom. The van der Waals surface area contributed by atoms with Crippen molar-refractivity contribution in [2.75, 3.05) is 7.11 Å². The normalized spacial score (nSPS) is 10.4. The van der Waals surface area contributed by atoms with Crippen LogP contribution in [-0.4, -0.2) is 28.2 Å². The van der Waals surface area contributed by atoms with Crippen LogP contribution in [0, 0.1) is 0 Å². The van der Waals surface area contributed by atoms with E-state index < -0.39 is 0 Å². The summed E-state index contributed by atoms with van der Waals surface area (Å²) in [5, 5.41) is 7.55. The van der Waals surface area contributed by atoms with Gasteiger partial charge in [-0.3, -0.25) is 9.36 Å². The molecule has 0 saturated heterocycles. The van der Waals surface area contributed by atoms with E-state index in [9.17, 15) is 4.79 Å². The van der Waals surface area contributed by atoms with Gasteiger partial charge < -0.3 is 9.15 Å². The highest BCUT2D eigenvalue weighted by Gasteiger charge is 2.12. The number of aromatic nitrogens is 3. The molecule has 2 aromatic heterocycles. The molecule has 0 amide bonds. The van der Waals surface area contributed by atoms with Crippen molar-refractivity contribution in [3.05, 3.63) is 48.7 Å². The SMILES string of the molecule is COc1ccc(-n2cnnc2)cc1-c1ccc(C=O)o1. The summed E-state index contributed by atoms with van der Waals surface area (Å²) in [6.45, 7) is 0. The van der Waals surface area contributed by atoms with Gasteiger partial charge in [0.2, 0.25) is 0 Å². The van der Waals surface area contributed by atoms with Crippen molar-refractivity contribution in [2.45, 2.75) is 0 Å². The number of carbonyl (C=O) groups excluding carboxylic acids is 1. The van der Waals surface area contributed by atoms with Crippen LogP contribution in [0.3, 0.4) is 0 Å². The lowest BCUT2D eigenvalue weighted by molar-refractivity contribution is 0.110. The van der Waals surface area contributed by atoms with E-state index in [-0.39, 0.29) is 5.76 Å². The summed E-state index contributed by atoms with van der Waals surface area (Å²) in [4.78, 5) is 10.7. The van der Waals surface area contributed by atoms with Gasteiger partial charge in [0.1, 0.15) is 24.2 Å². The summed E-state index contributed by atoms with van der Waals surface area (Å²) >= 11 is 0. The fourth-order valence-corrected chi connectivity index (χ4v) is 1.94. The van der Waals surface area contributed by atoms with Crippen LogP contribution < -0.4 is 4.74 Å². The molecule has 100 valence electrons. The van der Waals surface area contributed by atoms with Crippen molar-refractivity contribution in [1.82, 2.24) is 14.8 Å². The molecule has 0 fully saturated rings. The molecular formula is C14H11N3O3. The number of benzene rings is 1. The van der Waals surface area contributed by atoms with Gasteiger partial charge in [-0.15, -0.1) is 10.2 Å². The second kappa shape index (κ2) is 5.00. The molecule has 0 spiro atoms. The number of furan rings is 1. The Morgan fingerprint density at radius 1 is 1.20 bits per heavy atom. The van der Waals surface area contributed by atoms with Crippen molar-refractivity contribution in [3.63, 3.8) is 0 Å². The minimum Gasteiger partial charge on any atom is -0.496 e. The molecule has 0 aliphatic carbocycles. The third kappa shape index (κ3) is 2.07. The van der Waals surface area contributed by atoms with Crippen molar-refractivity contribution >= 4 is 6.29 Å². The lowest BCUT2D eigenvalue weighted by atomic mass is 10.1. The van der Waals surface area contributed by atoms with Crippen LogP contribution in [-0.2, 0) is 0 Å². The summed E-state index contributed by atoms with van der Waals surface area (Å²) in [6, 6.07) is 8.95. The van der Waals surface area contributed by atoms with Gasteiger partial charge in [0.05, 0.1) is 12.7 Å². The van der Waals surface area contributed by atoms with Gasteiger partial charge in [0.15, 0.2) is 12.0 Å². The second-order valence-electron chi connectivity index (χ2n) is 4.07. The Labute approximate surface area is 114 Å². The molecule has 0 radical (unpaired) electrons. The highest BCUT2D eigenvalue weighted by Crippen LogP contribution is 2.32. The molecule has 1 aromatic carbocycles. The zero-order valence-electron chi connectivity index (χ0n) is 10.7. The molecule has 3 aromatic rings. The van der Waals surface area contributed by atoms with E-state index in [4.69, 9.17) is 9.15 Å². The number of hydrogen-bond donors (Lipinski definition) is 0.